The van der Waals surface area contributed by atoms with Crippen LogP contribution in [-0.2, 0) is 0 Å². The first-order chi connectivity index (χ1) is 8.97. The van der Waals surface area contributed by atoms with Gasteiger partial charge in [-0.1, -0.05) is 13.8 Å². The molecule has 1 atom stereocenters. The minimum absolute atomic E-state index is 0.164. The normalized spacial score (nSPS) is 13.2. The number of anilines is 1. The van der Waals surface area contributed by atoms with Crippen LogP contribution in [0.3, 0.4) is 0 Å². The molecule has 2 N–H and O–H groups in total. The number of nitrogens with two attached hydrogens (primary N) is 1. The van der Waals surface area contributed by atoms with Gasteiger partial charge in [0.1, 0.15) is 5.82 Å². The van der Waals surface area contributed by atoms with Gasteiger partial charge in [-0.2, -0.15) is 4.98 Å². The molecule has 0 aliphatic heterocycles. The minimum Gasteiger partial charge on any atom is -0.343 e. The summed E-state index contributed by atoms with van der Waals surface area (Å²) in [7, 11) is 1.91. The third-order valence-corrected chi connectivity index (χ3v) is 3.28. The quantitative estimate of drug-likeness (QED) is 0.893. The van der Waals surface area contributed by atoms with Gasteiger partial charge in [0.15, 0.2) is 5.65 Å². The van der Waals surface area contributed by atoms with E-state index >= 15 is 0 Å². The van der Waals surface area contributed by atoms with E-state index in [4.69, 9.17) is 5.73 Å². The van der Waals surface area contributed by atoms with E-state index in [1.807, 2.05) is 11.9 Å². The molecule has 2 aromatic heterocycles. The lowest BCUT2D eigenvalue weighted by Crippen LogP contribution is -2.32. The summed E-state index contributed by atoms with van der Waals surface area (Å²) >= 11 is 0. The van der Waals surface area contributed by atoms with Crippen molar-refractivity contribution in [2.24, 2.45) is 11.7 Å². The van der Waals surface area contributed by atoms with Crippen LogP contribution in [0.1, 0.15) is 20.3 Å². The van der Waals surface area contributed by atoms with Crippen molar-refractivity contribution in [1.29, 1.82) is 0 Å². The van der Waals surface area contributed by atoms with Crippen LogP contribution in [0, 0.1) is 11.7 Å². The molecule has 0 saturated heterocycles. The van der Waals surface area contributed by atoms with Crippen molar-refractivity contribution in [3.8, 4) is 0 Å². The molecule has 0 radical (unpaired) electrons. The van der Waals surface area contributed by atoms with Crippen molar-refractivity contribution < 1.29 is 4.39 Å². The van der Waals surface area contributed by atoms with Crippen LogP contribution in [0.5, 0.6) is 0 Å². The number of aromatic nitrogens is 3. The van der Waals surface area contributed by atoms with Gasteiger partial charge in [0, 0.05) is 19.6 Å². The molecule has 0 spiro atoms. The maximum atomic E-state index is 13.1. The zero-order valence-electron chi connectivity index (χ0n) is 11.5. The standard InChI is InChI=1S/C13H20FN5/c1-9(2)11(15)6-7-18(3)13-16-12-5-4-10(14)8-19(12)17-13/h4-5,8-9,11H,6-7,15H2,1-3H3. The largest absolute Gasteiger partial charge is 0.343 e. The minimum atomic E-state index is -0.326. The molecule has 2 aromatic rings. The van der Waals surface area contributed by atoms with E-state index < -0.39 is 0 Å². The molecule has 0 fully saturated rings. The molecule has 2 rings (SSSR count). The van der Waals surface area contributed by atoms with Crippen LogP contribution in [0.2, 0.25) is 0 Å². The molecule has 0 bridgehead atoms. The van der Waals surface area contributed by atoms with E-state index in [1.165, 1.54) is 16.8 Å². The monoisotopic (exact) mass is 265 g/mol. The highest BCUT2D eigenvalue weighted by molar-refractivity contribution is 5.44. The highest BCUT2D eigenvalue weighted by Crippen LogP contribution is 2.11. The van der Waals surface area contributed by atoms with Crippen molar-refractivity contribution in [3.63, 3.8) is 0 Å². The lowest BCUT2D eigenvalue weighted by Gasteiger charge is -2.20. The highest BCUT2D eigenvalue weighted by Gasteiger charge is 2.12. The summed E-state index contributed by atoms with van der Waals surface area (Å²) in [6.07, 6.45) is 2.19. The van der Waals surface area contributed by atoms with E-state index in [0.29, 0.717) is 17.5 Å². The van der Waals surface area contributed by atoms with Gasteiger partial charge in [0.05, 0.1) is 6.20 Å². The van der Waals surface area contributed by atoms with Crippen molar-refractivity contribution in [1.82, 2.24) is 14.6 Å². The van der Waals surface area contributed by atoms with Crippen LogP contribution >= 0.6 is 0 Å². The number of hydrogen-bond acceptors (Lipinski definition) is 4. The number of hydrogen-bond donors (Lipinski definition) is 1. The Morgan fingerprint density at radius 1 is 1.42 bits per heavy atom. The first kappa shape index (κ1) is 13.7. The van der Waals surface area contributed by atoms with Gasteiger partial charge >= 0.3 is 0 Å². The Hall–Kier alpha value is -1.69. The lowest BCUT2D eigenvalue weighted by atomic mass is 10.0. The molecule has 6 heteroatoms. The van der Waals surface area contributed by atoms with Gasteiger partial charge in [0.2, 0.25) is 5.95 Å². The Morgan fingerprint density at radius 2 is 2.16 bits per heavy atom. The molecule has 0 aliphatic rings. The number of pyridine rings is 1. The van der Waals surface area contributed by atoms with E-state index in [0.717, 1.165) is 13.0 Å². The topological polar surface area (TPSA) is 59.5 Å². The molecule has 0 amide bonds. The molecule has 5 nitrogen and oxygen atoms in total. The number of rotatable bonds is 5. The van der Waals surface area contributed by atoms with Crippen molar-refractivity contribution in [2.45, 2.75) is 26.3 Å². The molecule has 0 saturated carbocycles. The summed E-state index contributed by atoms with van der Waals surface area (Å²) < 4.78 is 14.5. The third kappa shape index (κ3) is 3.20. The van der Waals surface area contributed by atoms with Crippen LogP contribution in [0.4, 0.5) is 10.3 Å². The molecular formula is C13H20FN5. The van der Waals surface area contributed by atoms with Gasteiger partial charge in [-0.15, -0.1) is 5.10 Å². The smallest absolute Gasteiger partial charge is 0.245 e. The zero-order chi connectivity index (χ0) is 14.0. The summed E-state index contributed by atoms with van der Waals surface area (Å²) in [5, 5.41) is 4.25. The van der Waals surface area contributed by atoms with Gasteiger partial charge in [-0.05, 0) is 24.5 Å². The average molecular weight is 265 g/mol. The maximum Gasteiger partial charge on any atom is 0.245 e. The second-order valence-electron chi connectivity index (χ2n) is 5.18. The second kappa shape index (κ2) is 5.52. The molecular weight excluding hydrogens is 245 g/mol. The Kier molecular flexibility index (Phi) is 3.99. The maximum absolute atomic E-state index is 13.1. The Labute approximate surface area is 112 Å². The Morgan fingerprint density at radius 3 is 2.84 bits per heavy atom. The molecule has 1 unspecified atom stereocenters. The fourth-order valence-electron chi connectivity index (χ4n) is 1.78. The van der Waals surface area contributed by atoms with Crippen LogP contribution in [-0.4, -0.2) is 34.2 Å². The van der Waals surface area contributed by atoms with Crippen LogP contribution < -0.4 is 10.6 Å². The fourth-order valence-corrected chi connectivity index (χ4v) is 1.78. The zero-order valence-corrected chi connectivity index (χ0v) is 11.5. The fraction of sp³-hybridized carbons (Fsp3) is 0.538. The van der Waals surface area contributed by atoms with E-state index in [9.17, 15) is 4.39 Å². The lowest BCUT2D eigenvalue weighted by molar-refractivity contribution is 0.465. The number of fused-ring (bicyclic) bond motifs is 1. The van der Waals surface area contributed by atoms with Crippen LogP contribution in [0.15, 0.2) is 18.3 Å². The van der Waals surface area contributed by atoms with E-state index in [2.05, 4.69) is 23.9 Å². The van der Waals surface area contributed by atoms with Gasteiger partial charge in [-0.3, -0.25) is 0 Å². The third-order valence-electron chi connectivity index (χ3n) is 3.28. The van der Waals surface area contributed by atoms with Crippen molar-refractivity contribution in [2.75, 3.05) is 18.5 Å². The summed E-state index contributed by atoms with van der Waals surface area (Å²) in [5.74, 6) is 0.714. The predicted octanol–water partition coefficient (Wildman–Crippen LogP) is 1.68. The van der Waals surface area contributed by atoms with Gasteiger partial charge in [0.25, 0.3) is 0 Å². The van der Waals surface area contributed by atoms with Crippen LogP contribution in [0.25, 0.3) is 5.65 Å². The van der Waals surface area contributed by atoms with E-state index in [-0.39, 0.29) is 11.9 Å². The number of halogens is 1. The summed E-state index contributed by atoms with van der Waals surface area (Å²) in [4.78, 5) is 6.28. The SMILES string of the molecule is CC(C)C(N)CCN(C)c1nc2ccc(F)cn2n1. The summed E-state index contributed by atoms with van der Waals surface area (Å²) in [5.41, 5.74) is 6.65. The molecule has 104 valence electrons. The number of nitrogens with zero attached hydrogens (tertiary/aromatic N) is 4. The summed E-state index contributed by atoms with van der Waals surface area (Å²) in [6.45, 7) is 4.99. The van der Waals surface area contributed by atoms with Crippen molar-refractivity contribution in [3.05, 3.63) is 24.1 Å². The molecule has 0 aromatic carbocycles. The molecule has 0 aliphatic carbocycles. The average Bonchev–Trinajstić information content (AvgIpc) is 2.78. The van der Waals surface area contributed by atoms with Gasteiger partial charge < -0.3 is 10.6 Å². The second-order valence-corrected chi connectivity index (χ2v) is 5.18. The molecule has 19 heavy (non-hydrogen) atoms. The Balaban J connectivity index is 2.07. The predicted molar refractivity (Wildman–Crippen MR) is 73.6 cm³/mol. The van der Waals surface area contributed by atoms with E-state index in [1.54, 1.807) is 6.07 Å². The molecule has 2 heterocycles. The first-order valence-electron chi connectivity index (χ1n) is 6.46. The summed E-state index contributed by atoms with van der Waals surface area (Å²) in [6, 6.07) is 3.15. The van der Waals surface area contributed by atoms with Gasteiger partial charge in [-0.25, -0.2) is 8.91 Å². The first-order valence-corrected chi connectivity index (χ1v) is 6.46. The van der Waals surface area contributed by atoms with Crippen molar-refractivity contribution >= 4 is 11.6 Å². The highest BCUT2D eigenvalue weighted by atomic mass is 19.1. The Bertz CT molecular complexity index is 551.